The van der Waals surface area contributed by atoms with Crippen molar-refractivity contribution in [1.82, 2.24) is 4.90 Å². The van der Waals surface area contributed by atoms with Gasteiger partial charge in [-0.25, -0.2) is 0 Å². The van der Waals surface area contributed by atoms with E-state index in [2.05, 4.69) is 18.7 Å². The van der Waals surface area contributed by atoms with Crippen molar-refractivity contribution in [3.63, 3.8) is 0 Å². The van der Waals surface area contributed by atoms with Gasteiger partial charge in [-0.1, -0.05) is 32.0 Å². The highest BCUT2D eigenvalue weighted by atomic mass is 16.5. The smallest absolute Gasteiger partial charge is 0.259 e. The molecule has 2 aliphatic heterocycles. The Labute approximate surface area is 151 Å². The van der Waals surface area contributed by atoms with Crippen LogP contribution in [0.2, 0.25) is 0 Å². The first-order valence-corrected chi connectivity index (χ1v) is 9.82. The van der Waals surface area contributed by atoms with Gasteiger partial charge in [0, 0.05) is 12.2 Å². The molecule has 1 saturated carbocycles. The topological polar surface area (TPSA) is 32.8 Å². The number of nitrogens with zero attached hydrogens (tertiary/aromatic N) is 2. The van der Waals surface area contributed by atoms with Gasteiger partial charge in [0.05, 0.1) is 6.54 Å². The first-order chi connectivity index (χ1) is 12.0. The Bertz CT molecular complexity index is 626. The molecule has 0 aromatic heterocycles. The van der Waals surface area contributed by atoms with E-state index in [9.17, 15) is 4.79 Å². The third-order valence-electron chi connectivity index (χ3n) is 5.91. The van der Waals surface area contributed by atoms with Crippen LogP contribution in [0.15, 0.2) is 30.3 Å². The lowest BCUT2D eigenvalue weighted by Gasteiger charge is -2.50. The molecule has 2 heterocycles. The van der Waals surface area contributed by atoms with Gasteiger partial charge < -0.3 is 14.5 Å². The predicted octanol–water partition coefficient (Wildman–Crippen LogP) is 3.46. The molecule has 4 nitrogen and oxygen atoms in total. The Hall–Kier alpha value is -1.39. The van der Waals surface area contributed by atoms with Crippen LogP contribution in [0, 0.1) is 5.92 Å². The Morgan fingerprint density at radius 3 is 2.56 bits per heavy atom. The van der Waals surface area contributed by atoms with Gasteiger partial charge in [-0.05, 0) is 63.2 Å². The SMILES string of the molecule is CC(C)CCN1CCCC2(C1)CN(c1ccccc1)C(=O)C1(CC1)O2. The van der Waals surface area contributed by atoms with Gasteiger partial charge in [0.1, 0.15) is 11.2 Å². The normalized spacial score (nSPS) is 28.9. The Balaban J connectivity index is 1.56. The maximum atomic E-state index is 13.0. The van der Waals surface area contributed by atoms with Crippen LogP contribution in [0.4, 0.5) is 5.69 Å². The standard InChI is InChI=1S/C21H30N2O2/c1-17(2)9-14-22-13-6-10-20(15-22)16-23(18-7-4-3-5-8-18)19(24)21(25-20)11-12-21/h3-5,7-8,17H,6,9-16H2,1-2H3. The second-order valence-electron chi connectivity index (χ2n) is 8.57. The summed E-state index contributed by atoms with van der Waals surface area (Å²) < 4.78 is 6.58. The molecule has 1 aromatic rings. The lowest BCUT2D eigenvalue weighted by Crippen LogP contribution is -2.65. The van der Waals surface area contributed by atoms with Crippen LogP contribution >= 0.6 is 0 Å². The van der Waals surface area contributed by atoms with Crippen molar-refractivity contribution in [2.45, 2.75) is 57.2 Å². The van der Waals surface area contributed by atoms with E-state index in [1.54, 1.807) is 0 Å². The first-order valence-electron chi connectivity index (χ1n) is 9.82. The molecule has 1 amide bonds. The van der Waals surface area contributed by atoms with Crippen LogP contribution in [0.3, 0.4) is 0 Å². The lowest BCUT2D eigenvalue weighted by atomic mass is 9.88. The summed E-state index contributed by atoms with van der Waals surface area (Å²) >= 11 is 0. The van der Waals surface area contributed by atoms with Crippen molar-refractivity contribution in [2.24, 2.45) is 5.92 Å². The second-order valence-corrected chi connectivity index (χ2v) is 8.57. The van der Waals surface area contributed by atoms with E-state index in [0.717, 1.165) is 56.9 Å². The van der Waals surface area contributed by atoms with Gasteiger partial charge in [-0.3, -0.25) is 4.79 Å². The highest BCUT2D eigenvalue weighted by molar-refractivity contribution is 6.02. The molecule has 3 aliphatic rings. The number of morpholine rings is 1. The predicted molar refractivity (Wildman–Crippen MR) is 99.7 cm³/mol. The zero-order chi connectivity index (χ0) is 17.5. The number of para-hydroxylation sites is 1. The molecule has 1 unspecified atom stereocenters. The van der Waals surface area contributed by atoms with Crippen molar-refractivity contribution in [2.75, 3.05) is 31.1 Å². The summed E-state index contributed by atoms with van der Waals surface area (Å²) in [6.07, 6.45) is 5.20. The lowest BCUT2D eigenvalue weighted by molar-refractivity contribution is -0.173. The van der Waals surface area contributed by atoms with E-state index >= 15 is 0 Å². The molecule has 0 bridgehead atoms. The number of carbonyl (C=O) groups is 1. The Kier molecular flexibility index (Phi) is 4.37. The summed E-state index contributed by atoms with van der Waals surface area (Å²) in [5, 5.41) is 0. The van der Waals surface area contributed by atoms with Crippen LogP contribution in [0.1, 0.15) is 46.0 Å². The van der Waals surface area contributed by atoms with Gasteiger partial charge in [-0.2, -0.15) is 0 Å². The van der Waals surface area contributed by atoms with Gasteiger partial charge in [0.25, 0.3) is 5.91 Å². The molecule has 1 aliphatic carbocycles. The second kappa shape index (κ2) is 6.40. The summed E-state index contributed by atoms with van der Waals surface area (Å²) in [6.45, 7) is 8.50. The minimum atomic E-state index is -0.533. The van der Waals surface area contributed by atoms with Crippen LogP contribution in [0.25, 0.3) is 0 Å². The van der Waals surface area contributed by atoms with Crippen molar-refractivity contribution in [3.05, 3.63) is 30.3 Å². The molecule has 25 heavy (non-hydrogen) atoms. The number of hydrogen-bond acceptors (Lipinski definition) is 3. The van der Waals surface area contributed by atoms with Crippen LogP contribution in [0.5, 0.6) is 0 Å². The minimum Gasteiger partial charge on any atom is -0.355 e. The molecule has 0 N–H and O–H groups in total. The monoisotopic (exact) mass is 342 g/mol. The quantitative estimate of drug-likeness (QED) is 0.840. The molecular formula is C21H30N2O2. The number of carbonyl (C=O) groups excluding carboxylic acids is 1. The maximum absolute atomic E-state index is 13.0. The number of ether oxygens (including phenoxy) is 1. The van der Waals surface area contributed by atoms with E-state index in [4.69, 9.17) is 4.74 Å². The molecule has 1 atom stereocenters. The minimum absolute atomic E-state index is 0.170. The molecule has 136 valence electrons. The zero-order valence-electron chi connectivity index (χ0n) is 15.5. The largest absolute Gasteiger partial charge is 0.355 e. The molecule has 4 heteroatoms. The third kappa shape index (κ3) is 3.34. The van der Waals surface area contributed by atoms with E-state index in [1.165, 1.54) is 6.42 Å². The molecule has 2 saturated heterocycles. The average Bonchev–Trinajstić information content (AvgIpc) is 3.38. The molecule has 0 radical (unpaired) electrons. The highest BCUT2D eigenvalue weighted by Gasteiger charge is 2.62. The molecule has 1 aromatic carbocycles. The molecule has 3 fully saturated rings. The molecule has 4 rings (SSSR count). The number of hydrogen-bond donors (Lipinski definition) is 0. The van der Waals surface area contributed by atoms with E-state index < -0.39 is 5.60 Å². The molecular weight excluding hydrogens is 312 g/mol. The summed E-state index contributed by atoms with van der Waals surface area (Å²) in [6, 6.07) is 10.1. The van der Waals surface area contributed by atoms with E-state index in [0.29, 0.717) is 6.54 Å². The number of anilines is 1. The van der Waals surface area contributed by atoms with Crippen molar-refractivity contribution >= 4 is 11.6 Å². The fourth-order valence-corrected chi connectivity index (χ4v) is 4.38. The van der Waals surface area contributed by atoms with E-state index in [1.807, 2.05) is 35.2 Å². The fraction of sp³-hybridized carbons (Fsp3) is 0.667. The Morgan fingerprint density at radius 2 is 1.88 bits per heavy atom. The summed E-state index contributed by atoms with van der Waals surface area (Å²) in [5.41, 5.74) is 0.283. The van der Waals surface area contributed by atoms with Crippen LogP contribution < -0.4 is 4.90 Å². The van der Waals surface area contributed by atoms with Gasteiger partial charge in [-0.15, -0.1) is 0 Å². The summed E-state index contributed by atoms with van der Waals surface area (Å²) in [4.78, 5) is 17.6. The number of amides is 1. The van der Waals surface area contributed by atoms with Crippen molar-refractivity contribution in [3.8, 4) is 0 Å². The number of likely N-dealkylation sites (tertiary alicyclic amines) is 1. The average molecular weight is 342 g/mol. The van der Waals surface area contributed by atoms with Crippen molar-refractivity contribution < 1.29 is 9.53 Å². The van der Waals surface area contributed by atoms with E-state index in [-0.39, 0.29) is 11.5 Å². The third-order valence-corrected chi connectivity index (χ3v) is 5.91. The number of rotatable bonds is 4. The number of piperidine rings is 1. The highest BCUT2D eigenvalue weighted by Crippen LogP contribution is 2.50. The molecule has 2 spiro atoms. The zero-order valence-corrected chi connectivity index (χ0v) is 15.5. The summed E-state index contributed by atoms with van der Waals surface area (Å²) in [5.74, 6) is 0.894. The Morgan fingerprint density at radius 1 is 1.12 bits per heavy atom. The fourth-order valence-electron chi connectivity index (χ4n) is 4.38. The van der Waals surface area contributed by atoms with Crippen LogP contribution in [-0.4, -0.2) is 48.2 Å². The summed E-state index contributed by atoms with van der Waals surface area (Å²) in [7, 11) is 0. The van der Waals surface area contributed by atoms with Gasteiger partial charge in [0.2, 0.25) is 0 Å². The number of benzene rings is 1. The maximum Gasteiger partial charge on any atom is 0.259 e. The van der Waals surface area contributed by atoms with Gasteiger partial charge in [0.15, 0.2) is 0 Å². The van der Waals surface area contributed by atoms with Gasteiger partial charge >= 0.3 is 0 Å². The van der Waals surface area contributed by atoms with Crippen LogP contribution in [-0.2, 0) is 9.53 Å². The first kappa shape index (κ1) is 17.0. The van der Waals surface area contributed by atoms with Crippen molar-refractivity contribution in [1.29, 1.82) is 0 Å².